The topological polar surface area (TPSA) is 41.5 Å². The van der Waals surface area contributed by atoms with E-state index in [0.29, 0.717) is 10.9 Å². The van der Waals surface area contributed by atoms with Crippen LogP contribution in [0.5, 0.6) is 0 Å². The van der Waals surface area contributed by atoms with Crippen molar-refractivity contribution in [3.05, 3.63) is 34.9 Å². The van der Waals surface area contributed by atoms with Crippen LogP contribution in [-0.2, 0) is 4.74 Å². The molecule has 2 rings (SSSR count). The molecule has 0 bridgehead atoms. The Morgan fingerprint density at radius 2 is 1.95 bits per heavy atom. The standard InChI is InChI=1S/C15H22ClNO2/c1-11(17-10-12-6-8-19-9-7-12)15(18)13-2-4-14(16)5-3-13/h2-5,11-12,15,17-18H,6-10H2,1H3. The van der Waals surface area contributed by atoms with Crippen LogP contribution in [0.15, 0.2) is 24.3 Å². The molecule has 2 atom stereocenters. The van der Waals surface area contributed by atoms with E-state index in [0.717, 1.165) is 38.2 Å². The van der Waals surface area contributed by atoms with Crippen molar-refractivity contribution < 1.29 is 9.84 Å². The minimum atomic E-state index is -0.503. The van der Waals surface area contributed by atoms with E-state index in [4.69, 9.17) is 16.3 Å². The number of nitrogens with one attached hydrogen (secondary N) is 1. The van der Waals surface area contributed by atoms with Crippen LogP contribution in [-0.4, -0.2) is 30.9 Å². The lowest BCUT2D eigenvalue weighted by Crippen LogP contribution is -2.37. The third-order valence-electron chi connectivity index (χ3n) is 3.75. The summed E-state index contributed by atoms with van der Waals surface area (Å²) >= 11 is 5.85. The molecule has 1 aliphatic heterocycles. The average molecular weight is 284 g/mol. The van der Waals surface area contributed by atoms with Crippen LogP contribution >= 0.6 is 11.6 Å². The second kappa shape index (κ2) is 7.25. The first-order valence-corrected chi connectivity index (χ1v) is 7.29. The van der Waals surface area contributed by atoms with Crippen molar-refractivity contribution in [1.82, 2.24) is 5.32 Å². The summed E-state index contributed by atoms with van der Waals surface area (Å²) in [5, 5.41) is 14.4. The van der Waals surface area contributed by atoms with E-state index in [2.05, 4.69) is 5.32 Å². The van der Waals surface area contributed by atoms with Gasteiger partial charge in [0.05, 0.1) is 6.10 Å². The number of ether oxygens (including phenoxy) is 1. The quantitative estimate of drug-likeness (QED) is 0.873. The minimum Gasteiger partial charge on any atom is -0.387 e. The molecular weight excluding hydrogens is 262 g/mol. The molecule has 1 saturated heterocycles. The van der Waals surface area contributed by atoms with E-state index in [1.807, 2.05) is 31.2 Å². The molecule has 0 aliphatic carbocycles. The highest BCUT2D eigenvalue weighted by Gasteiger charge is 2.19. The van der Waals surface area contributed by atoms with Gasteiger partial charge >= 0.3 is 0 Å². The first-order valence-electron chi connectivity index (χ1n) is 6.91. The van der Waals surface area contributed by atoms with Crippen LogP contribution < -0.4 is 5.32 Å². The summed E-state index contributed by atoms with van der Waals surface area (Å²) in [6.45, 7) is 4.68. The lowest BCUT2D eigenvalue weighted by molar-refractivity contribution is 0.0620. The first kappa shape index (κ1) is 14.8. The zero-order valence-electron chi connectivity index (χ0n) is 11.3. The number of benzene rings is 1. The number of rotatable bonds is 5. The van der Waals surface area contributed by atoms with Crippen molar-refractivity contribution in [2.24, 2.45) is 5.92 Å². The van der Waals surface area contributed by atoms with Crippen LogP contribution in [0.2, 0.25) is 5.02 Å². The van der Waals surface area contributed by atoms with Crippen LogP contribution in [0, 0.1) is 5.92 Å². The van der Waals surface area contributed by atoms with Crippen molar-refractivity contribution in [3.63, 3.8) is 0 Å². The Hall–Kier alpha value is -0.610. The SMILES string of the molecule is CC(NCC1CCOCC1)C(O)c1ccc(Cl)cc1. The van der Waals surface area contributed by atoms with Gasteiger partial charge in [-0.2, -0.15) is 0 Å². The van der Waals surface area contributed by atoms with Crippen molar-refractivity contribution in [2.75, 3.05) is 19.8 Å². The zero-order valence-corrected chi connectivity index (χ0v) is 12.1. The number of aliphatic hydroxyl groups is 1. The summed E-state index contributed by atoms with van der Waals surface area (Å²) in [4.78, 5) is 0. The fourth-order valence-corrected chi connectivity index (χ4v) is 2.49. The molecule has 1 heterocycles. The van der Waals surface area contributed by atoms with E-state index >= 15 is 0 Å². The Morgan fingerprint density at radius 1 is 1.32 bits per heavy atom. The van der Waals surface area contributed by atoms with Crippen molar-refractivity contribution >= 4 is 11.6 Å². The molecule has 2 N–H and O–H groups in total. The largest absolute Gasteiger partial charge is 0.387 e. The zero-order chi connectivity index (χ0) is 13.7. The fourth-order valence-electron chi connectivity index (χ4n) is 2.36. The number of hydrogen-bond donors (Lipinski definition) is 2. The highest BCUT2D eigenvalue weighted by atomic mass is 35.5. The highest BCUT2D eigenvalue weighted by Crippen LogP contribution is 2.20. The lowest BCUT2D eigenvalue weighted by atomic mass is 9.98. The molecular formula is C15H22ClNO2. The molecule has 0 aromatic heterocycles. The third kappa shape index (κ3) is 4.46. The Morgan fingerprint density at radius 3 is 2.58 bits per heavy atom. The molecule has 1 aromatic rings. The van der Waals surface area contributed by atoms with Crippen molar-refractivity contribution in [2.45, 2.75) is 31.9 Å². The smallest absolute Gasteiger partial charge is 0.0940 e. The van der Waals surface area contributed by atoms with Gasteiger partial charge in [-0.1, -0.05) is 23.7 Å². The fraction of sp³-hybridized carbons (Fsp3) is 0.600. The molecule has 19 heavy (non-hydrogen) atoms. The molecule has 0 saturated carbocycles. The molecule has 1 aliphatic rings. The van der Waals surface area contributed by atoms with Crippen LogP contribution in [0.4, 0.5) is 0 Å². The van der Waals surface area contributed by atoms with E-state index < -0.39 is 6.10 Å². The Balaban J connectivity index is 1.81. The predicted octanol–water partition coefficient (Wildman–Crippen LogP) is 2.78. The maximum absolute atomic E-state index is 10.3. The van der Waals surface area contributed by atoms with Gasteiger partial charge < -0.3 is 15.2 Å². The van der Waals surface area contributed by atoms with E-state index in [9.17, 15) is 5.11 Å². The molecule has 0 radical (unpaired) electrons. The lowest BCUT2D eigenvalue weighted by Gasteiger charge is -2.26. The Labute approximate surface area is 119 Å². The van der Waals surface area contributed by atoms with Gasteiger partial charge in [-0.05, 0) is 49.9 Å². The molecule has 0 spiro atoms. The average Bonchev–Trinajstić information content (AvgIpc) is 2.46. The summed E-state index contributed by atoms with van der Waals surface area (Å²) in [6, 6.07) is 7.40. The van der Waals surface area contributed by atoms with Gasteiger partial charge in [0, 0.05) is 24.3 Å². The summed E-state index contributed by atoms with van der Waals surface area (Å²) < 4.78 is 5.34. The molecule has 1 aromatic carbocycles. The number of hydrogen-bond acceptors (Lipinski definition) is 3. The van der Waals surface area contributed by atoms with Crippen molar-refractivity contribution in [1.29, 1.82) is 0 Å². The minimum absolute atomic E-state index is 0.0315. The van der Waals surface area contributed by atoms with E-state index in [-0.39, 0.29) is 6.04 Å². The Kier molecular flexibility index (Phi) is 5.64. The predicted molar refractivity (Wildman–Crippen MR) is 77.4 cm³/mol. The van der Waals surface area contributed by atoms with Gasteiger partial charge in [-0.15, -0.1) is 0 Å². The van der Waals surface area contributed by atoms with Gasteiger partial charge in [-0.3, -0.25) is 0 Å². The third-order valence-corrected chi connectivity index (χ3v) is 4.01. The molecule has 1 fully saturated rings. The van der Waals surface area contributed by atoms with E-state index in [1.165, 1.54) is 0 Å². The van der Waals surface area contributed by atoms with Gasteiger partial charge in [0.25, 0.3) is 0 Å². The van der Waals surface area contributed by atoms with Gasteiger partial charge in [-0.25, -0.2) is 0 Å². The maximum Gasteiger partial charge on any atom is 0.0940 e. The molecule has 3 nitrogen and oxygen atoms in total. The molecule has 2 unspecified atom stereocenters. The normalized spacial score (nSPS) is 20.2. The first-order chi connectivity index (χ1) is 9.16. The van der Waals surface area contributed by atoms with Crippen molar-refractivity contribution in [3.8, 4) is 0 Å². The summed E-state index contributed by atoms with van der Waals surface area (Å²) in [7, 11) is 0. The molecule has 4 heteroatoms. The maximum atomic E-state index is 10.3. The molecule has 0 amide bonds. The number of aliphatic hydroxyl groups excluding tert-OH is 1. The van der Waals surface area contributed by atoms with Gasteiger partial charge in [0.2, 0.25) is 0 Å². The highest BCUT2D eigenvalue weighted by molar-refractivity contribution is 6.30. The molecule has 106 valence electrons. The van der Waals surface area contributed by atoms with E-state index in [1.54, 1.807) is 0 Å². The second-order valence-corrected chi connectivity index (χ2v) is 5.69. The summed E-state index contributed by atoms with van der Waals surface area (Å²) in [5.74, 6) is 0.661. The van der Waals surface area contributed by atoms with Crippen LogP contribution in [0.1, 0.15) is 31.4 Å². The summed E-state index contributed by atoms with van der Waals surface area (Å²) in [6.07, 6.45) is 1.71. The van der Waals surface area contributed by atoms with Gasteiger partial charge in [0.1, 0.15) is 0 Å². The Bertz CT molecular complexity index is 376. The van der Waals surface area contributed by atoms with Crippen LogP contribution in [0.25, 0.3) is 0 Å². The van der Waals surface area contributed by atoms with Crippen LogP contribution in [0.3, 0.4) is 0 Å². The summed E-state index contributed by atoms with van der Waals surface area (Å²) in [5.41, 5.74) is 0.899. The monoisotopic (exact) mass is 283 g/mol. The van der Waals surface area contributed by atoms with Gasteiger partial charge in [0.15, 0.2) is 0 Å². The second-order valence-electron chi connectivity index (χ2n) is 5.25. The number of halogens is 1.